The third-order valence-electron chi connectivity index (χ3n) is 3.44. The van der Waals surface area contributed by atoms with Crippen molar-refractivity contribution < 1.29 is 0 Å². The third-order valence-corrected chi connectivity index (χ3v) is 3.64. The van der Waals surface area contributed by atoms with Crippen molar-refractivity contribution in [2.24, 2.45) is 0 Å². The van der Waals surface area contributed by atoms with Gasteiger partial charge in [0.25, 0.3) is 0 Å². The van der Waals surface area contributed by atoms with Crippen LogP contribution in [0.25, 0.3) is 16.7 Å². The first kappa shape index (κ1) is 13.9. The van der Waals surface area contributed by atoms with Gasteiger partial charge in [-0.3, -0.25) is 9.55 Å². The molecule has 1 aromatic carbocycles. The van der Waals surface area contributed by atoms with Crippen LogP contribution < -0.4 is 4.90 Å². The minimum atomic E-state index is -0.187. The molecule has 3 aromatic rings. The molecule has 1 unspecified atom stereocenters. The lowest BCUT2D eigenvalue weighted by atomic mass is 10.2. The molecule has 0 amide bonds. The van der Waals surface area contributed by atoms with E-state index in [-0.39, 0.29) is 5.38 Å². The van der Waals surface area contributed by atoms with E-state index in [9.17, 15) is 0 Å². The fourth-order valence-corrected chi connectivity index (χ4v) is 2.65. The molecule has 0 saturated carbocycles. The highest BCUT2D eigenvalue weighted by atomic mass is 35.5. The van der Waals surface area contributed by atoms with E-state index in [1.54, 1.807) is 12.4 Å². The van der Waals surface area contributed by atoms with E-state index in [0.717, 1.165) is 28.2 Å². The zero-order valence-electron chi connectivity index (χ0n) is 12.3. The van der Waals surface area contributed by atoms with Crippen LogP contribution in [0.5, 0.6) is 0 Å². The third kappa shape index (κ3) is 2.36. The Bertz CT molecular complexity index is 777. The maximum absolute atomic E-state index is 6.34. The van der Waals surface area contributed by atoms with Crippen molar-refractivity contribution in [1.29, 1.82) is 0 Å². The molecule has 0 fully saturated rings. The molecule has 21 heavy (non-hydrogen) atoms. The van der Waals surface area contributed by atoms with Gasteiger partial charge in [0.2, 0.25) is 0 Å². The van der Waals surface area contributed by atoms with Crippen LogP contribution in [0.15, 0.2) is 42.7 Å². The largest absolute Gasteiger partial charge is 0.376 e. The molecule has 2 heterocycles. The van der Waals surface area contributed by atoms with Gasteiger partial charge in [0.05, 0.1) is 28.5 Å². The van der Waals surface area contributed by atoms with Crippen LogP contribution in [0.3, 0.4) is 0 Å². The number of aromatic nitrogens is 3. The first-order valence-electron chi connectivity index (χ1n) is 6.82. The number of para-hydroxylation sites is 2. The number of hydrogen-bond acceptors (Lipinski definition) is 3. The van der Waals surface area contributed by atoms with Gasteiger partial charge in [-0.1, -0.05) is 12.1 Å². The predicted octanol–water partition coefficient (Wildman–Crippen LogP) is 3.79. The van der Waals surface area contributed by atoms with E-state index >= 15 is 0 Å². The molecule has 0 radical (unpaired) electrons. The lowest BCUT2D eigenvalue weighted by molar-refractivity contribution is 0.879. The lowest BCUT2D eigenvalue weighted by Gasteiger charge is -2.20. The highest BCUT2D eigenvalue weighted by Crippen LogP contribution is 2.31. The summed E-state index contributed by atoms with van der Waals surface area (Å²) in [5.41, 5.74) is 4.06. The van der Waals surface area contributed by atoms with Crippen molar-refractivity contribution in [3.05, 3.63) is 48.5 Å². The van der Waals surface area contributed by atoms with Crippen molar-refractivity contribution in [2.45, 2.75) is 12.3 Å². The fraction of sp³-hybridized carbons (Fsp3) is 0.250. The van der Waals surface area contributed by atoms with Crippen LogP contribution in [-0.4, -0.2) is 28.6 Å². The quantitative estimate of drug-likeness (QED) is 0.690. The second-order valence-corrected chi connectivity index (χ2v) is 5.82. The summed E-state index contributed by atoms with van der Waals surface area (Å²) in [4.78, 5) is 10.9. The van der Waals surface area contributed by atoms with Gasteiger partial charge in [0.1, 0.15) is 11.3 Å². The van der Waals surface area contributed by atoms with Crippen molar-refractivity contribution >= 4 is 28.3 Å². The first-order chi connectivity index (χ1) is 10.1. The second kappa shape index (κ2) is 5.37. The Hall–Kier alpha value is -2.07. The number of anilines is 1. The average molecular weight is 301 g/mol. The maximum Gasteiger partial charge on any atom is 0.132 e. The van der Waals surface area contributed by atoms with Crippen LogP contribution in [-0.2, 0) is 0 Å². The Kier molecular flexibility index (Phi) is 3.55. The molecule has 2 aromatic heterocycles. The smallest absolute Gasteiger partial charge is 0.132 e. The Morgan fingerprint density at radius 3 is 2.67 bits per heavy atom. The van der Waals surface area contributed by atoms with Gasteiger partial charge in [0, 0.05) is 20.3 Å². The monoisotopic (exact) mass is 300 g/mol. The Morgan fingerprint density at radius 1 is 1.19 bits per heavy atom. The van der Waals surface area contributed by atoms with Crippen molar-refractivity contribution in [1.82, 2.24) is 14.5 Å². The van der Waals surface area contributed by atoms with Gasteiger partial charge >= 0.3 is 0 Å². The number of imidazole rings is 1. The number of benzene rings is 1. The number of halogens is 1. The van der Waals surface area contributed by atoms with E-state index in [1.165, 1.54) is 0 Å². The molecule has 1 atom stereocenters. The number of alkyl halides is 1. The molecule has 0 aliphatic carbocycles. The van der Waals surface area contributed by atoms with Crippen molar-refractivity contribution in [3.8, 4) is 5.69 Å². The minimum absolute atomic E-state index is 0.187. The molecule has 0 aliphatic heterocycles. The number of nitrogens with zero attached hydrogens (tertiary/aromatic N) is 4. The summed E-state index contributed by atoms with van der Waals surface area (Å²) in [7, 11) is 4.06. The fourth-order valence-electron chi connectivity index (χ4n) is 2.50. The summed E-state index contributed by atoms with van der Waals surface area (Å²) in [6.45, 7) is 1.94. The zero-order valence-corrected chi connectivity index (χ0v) is 13.0. The van der Waals surface area contributed by atoms with Gasteiger partial charge in [-0.15, -0.1) is 11.6 Å². The molecule has 0 bridgehead atoms. The van der Waals surface area contributed by atoms with E-state index in [0.29, 0.717) is 0 Å². The van der Waals surface area contributed by atoms with Crippen LogP contribution in [0.1, 0.15) is 18.1 Å². The highest BCUT2D eigenvalue weighted by Gasteiger charge is 2.18. The molecule has 5 heteroatoms. The van der Waals surface area contributed by atoms with Gasteiger partial charge < -0.3 is 4.90 Å². The summed E-state index contributed by atoms with van der Waals surface area (Å²) < 4.78 is 2.12. The normalized spacial score (nSPS) is 12.6. The number of pyridine rings is 1. The Balaban J connectivity index is 2.36. The van der Waals surface area contributed by atoms with Gasteiger partial charge in [0.15, 0.2) is 0 Å². The second-order valence-electron chi connectivity index (χ2n) is 5.17. The van der Waals surface area contributed by atoms with Crippen LogP contribution >= 0.6 is 11.6 Å². The van der Waals surface area contributed by atoms with Crippen molar-refractivity contribution in [2.75, 3.05) is 19.0 Å². The predicted molar refractivity (Wildman–Crippen MR) is 87.5 cm³/mol. The SMILES string of the molecule is CC(Cl)c1nc2cnccc2n1-c1ccccc1N(C)C. The van der Waals surface area contributed by atoms with Crippen LogP contribution in [0.4, 0.5) is 5.69 Å². The molecule has 0 aliphatic rings. The van der Waals surface area contributed by atoms with E-state index < -0.39 is 0 Å². The van der Waals surface area contributed by atoms with Gasteiger partial charge in [-0.05, 0) is 25.1 Å². The minimum Gasteiger partial charge on any atom is -0.376 e. The topological polar surface area (TPSA) is 34.0 Å². The Morgan fingerprint density at radius 2 is 1.95 bits per heavy atom. The van der Waals surface area contributed by atoms with E-state index in [1.807, 2.05) is 39.2 Å². The zero-order chi connectivity index (χ0) is 15.0. The summed E-state index contributed by atoms with van der Waals surface area (Å²) in [6.07, 6.45) is 3.55. The molecule has 3 rings (SSSR count). The van der Waals surface area contributed by atoms with Crippen LogP contribution in [0, 0.1) is 0 Å². The van der Waals surface area contributed by atoms with Crippen molar-refractivity contribution in [3.63, 3.8) is 0 Å². The number of hydrogen-bond donors (Lipinski definition) is 0. The van der Waals surface area contributed by atoms with Gasteiger partial charge in [-0.2, -0.15) is 0 Å². The maximum atomic E-state index is 6.34. The summed E-state index contributed by atoms with van der Waals surface area (Å²) >= 11 is 6.34. The number of rotatable bonds is 3. The highest BCUT2D eigenvalue weighted by molar-refractivity contribution is 6.20. The summed E-state index contributed by atoms with van der Waals surface area (Å²) in [6, 6.07) is 10.2. The molecular weight excluding hydrogens is 284 g/mol. The molecule has 0 saturated heterocycles. The Labute approximate surface area is 129 Å². The van der Waals surface area contributed by atoms with E-state index in [2.05, 4.69) is 31.6 Å². The van der Waals surface area contributed by atoms with E-state index in [4.69, 9.17) is 11.6 Å². The first-order valence-corrected chi connectivity index (χ1v) is 7.26. The average Bonchev–Trinajstić information content (AvgIpc) is 2.86. The molecule has 108 valence electrons. The standard InChI is InChI=1S/C16H17ClN4/c1-11(17)16-19-12-10-18-9-8-13(12)21(16)15-7-5-4-6-14(15)20(2)3/h4-11H,1-3H3. The summed E-state index contributed by atoms with van der Waals surface area (Å²) in [5, 5.41) is -0.187. The molecule has 0 spiro atoms. The molecular formula is C16H17ClN4. The number of fused-ring (bicyclic) bond motifs is 1. The summed E-state index contributed by atoms with van der Waals surface area (Å²) in [5.74, 6) is 0.828. The van der Waals surface area contributed by atoms with Crippen LogP contribution in [0.2, 0.25) is 0 Å². The lowest BCUT2D eigenvalue weighted by Crippen LogP contribution is -2.13. The molecule has 4 nitrogen and oxygen atoms in total. The molecule has 0 N–H and O–H groups in total. The van der Waals surface area contributed by atoms with Gasteiger partial charge in [-0.25, -0.2) is 4.98 Å².